The molecule has 0 saturated carbocycles. The summed E-state index contributed by atoms with van der Waals surface area (Å²) in [6, 6.07) is 3.32. The van der Waals surface area contributed by atoms with Gasteiger partial charge in [-0.25, -0.2) is 8.42 Å². The van der Waals surface area contributed by atoms with E-state index >= 15 is 0 Å². The van der Waals surface area contributed by atoms with E-state index in [-0.39, 0.29) is 18.4 Å². The van der Waals surface area contributed by atoms with E-state index in [4.69, 9.17) is 0 Å². The van der Waals surface area contributed by atoms with Crippen LogP contribution in [-0.2, 0) is 14.8 Å². The summed E-state index contributed by atoms with van der Waals surface area (Å²) in [5, 5.41) is 14.3. The van der Waals surface area contributed by atoms with Crippen LogP contribution in [0, 0.1) is 5.92 Å². The van der Waals surface area contributed by atoms with Crippen LogP contribution in [0.25, 0.3) is 0 Å². The molecule has 2 aromatic rings. The molecule has 1 amide bonds. The third kappa shape index (κ3) is 4.56. The van der Waals surface area contributed by atoms with Crippen molar-refractivity contribution in [2.45, 2.75) is 49.7 Å². The molecule has 148 valence electrons. The van der Waals surface area contributed by atoms with Crippen LogP contribution in [0.4, 0.5) is 5.13 Å². The topological polar surface area (TPSA) is 92.3 Å². The molecule has 0 aliphatic carbocycles. The molecule has 1 aliphatic heterocycles. The molecule has 27 heavy (non-hydrogen) atoms. The second-order valence-electron chi connectivity index (χ2n) is 6.58. The zero-order valence-electron chi connectivity index (χ0n) is 15.4. The molecule has 10 heteroatoms. The Morgan fingerprint density at radius 2 is 2.15 bits per heavy atom. The summed E-state index contributed by atoms with van der Waals surface area (Å²) in [5.74, 6) is -0.212. The predicted molar refractivity (Wildman–Crippen MR) is 108 cm³/mol. The molecule has 1 N–H and O–H groups in total. The number of sulfonamides is 1. The Morgan fingerprint density at radius 3 is 2.81 bits per heavy atom. The highest BCUT2D eigenvalue weighted by atomic mass is 32.2. The van der Waals surface area contributed by atoms with Crippen LogP contribution < -0.4 is 5.32 Å². The van der Waals surface area contributed by atoms with Gasteiger partial charge in [0.15, 0.2) is 0 Å². The fraction of sp³-hybridized carbons (Fsp3) is 0.588. The lowest BCUT2D eigenvalue weighted by atomic mass is 9.99. The Kier molecular flexibility index (Phi) is 6.61. The minimum Gasteiger partial charge on any atom is -0.300 e. The van der Waals surface area contributed by atoms with Crippen LogP contribution in [0.2, 0.25) is 0 Å². The molecule has 0 radical (unpaired) electrons. The van der Waals surface area contributed by atoms with E-state index in [2.05, 4.69) is 29.4 Å². The zero-order valence-corrected chi connectivity index (χ0v) is 17.9. The first-order valence-corrected chi connectivity index (χ1v) is 12.3. The summed E-state index contributed by atoms with van der Waals surface area (Å²) in [6.07, 6.45) is 3.30. The lowest BCUT2D eigenvalue weighted by Gasteiger charge is -2.30. The van der Waals surface area contributed by atoms with Gasteiger partial charge in [-0.1, -0.05) is 31.3 Å². The minimum atomic E-state index is -3.53. The summed E-state index contributed by atoms with van der Waals surface area (Å²) in [4.78, 5) is 12.7. The van der Waals surface area contributed by atoms with Crippen molar-refractivity contribution in [3.63, 3.8) is 0 Å². The first-order valence-electron chi connectivity index (χ1n) is 9.13. The van der Waals surface area contributed by atoms with Gasteiger partial charge in [0.25, 0.3) is 10.0 Å². The predicted octanol–water partition coefficient (Wildman–Crippen LogP) is 3.54. The van der Waals surface area contributed by atoms with Crippen molar-refractivity contribution in [1.29, 1.82) is 0 Å². The second-order valence-corrected chi connectivity index (χ2v) is 10.7. The van der Waals surface area contributed by atoms with Crippen LogP contribution in [0.3, 0.4) is 0 Å². The Hall–Kier alpha value is -1.36. The molecule has 0 aromatic carbocycles. The van der Waals surface area contributed by atoms with E-state index in [9.17, 15) is 13.2 Å². The zero-order chi connectivity index (χ0) is 19.4. The van der Waals surface area contributed by atoms with Gasteiger partial charge in [0.1, 0.15) is 9.22 Å². The van der Waals surface area contributed by atoms with Gasteiger partial charge in [0.05, 0.1) is 5.92 Å². The highest BCUT2D eigenvalue weighted by molar-refractivity contribution is 7.91. The summed E-state index contributed by atoms with van der Waals surface area (Å²) in [5.41, 5.74) is 0. The van der Waals surface area contributed by atoms with E-state index in [1.165, 1.54) is 27.0 Å². The summed E-state index contributed by atoms with van der Waals surface area (Å²) in [7, 11) is -3.53. The maximum atomic E-state index is 12.7. The number of rotatable bonds is 7. The van der Waals surface area contributed by atoms with Crippen molar-refractivity contribution in [2.24, 2.45) is 5.92 Å². The fourth-order valence-corrected chi connectivity index (χ4v) is 6.89. The lowest BCUT2D eigenvalue weighted by Crippen LogP contribution is -2.43. The van der Waals surface area contributed by atoms with Gasteiger partial charge in [0, 0.05) is 19.0 Å². The molecule has 1 atom stereocenters. The van der Waals surface area contributed by atoms with Gasteiger partial charge in [-0.2, -0.15) is 4.31 Å². The van der Waals surface area contributed by atoms with Crippen molar-refractivity contribution in [3.8, 4) is 0 Å². The van der Waals surface area contributed by atoms with Gasteiger partial charge >= 0.3 is 0 Å². The summed E-state index contributed by atoms with van der Waals surface area (Å²) >= 11 is 2.60. The number of carbonyl (C=O) groups is 1. The fourth-order valence-electron chi connectivity index (χ4n) is 3.21. The SMILES string of the molecule is CCC(CC)c1nnc(NC(=O)C2CCCN(S(=O)(=O)c3cccs3)C2)s1. The number of nitrogens with one attached hydrogen (secondary N) is 1. The average Bonchev–Trinajstić information content (AvgIpc) is 3.36. The molecule has 3 rings (SSSR count). The van der Waals surface area contributed by atoms with E-state index in [1.54, 1.807) is 17.5 Å². The molecule has 1 unspecified atom stereocenters. The minimum absolute atomic E-state index is 0.187. The number of nitrogens with zero attached hydrogens (tertiary/aromatic N) is 3. The van der Waals surface area contributed by atoms with Crippen molar-refractivity contribution in [1.82, 2.24) is 14.5 Å². The van der Waals surface area contributed by atoms with Crippen LogP contribution >= 0.6 is 22.7 Å². The maximum Gasteiger partial charge on any atom is 0.252 e. The van der Waals surface area contributed by atoms with E-state index < -0.39 is 10.0 Å². The number of aromatic nitrogens is 2. The monoisotopic (exact) mass is 428 g/mol. The van der Waals surface area contributed by atoms with Crippen molar-refractivity contribution >= 4 is 43.7 Å². The molecule has 7 nitrogen and oxygen atoms in total. The standard InChI is InChI=1S/C17H24N4O3S3/c1-3-12(4-2)16-19-20-17(26-16)18-15(22)13-7-5-9-21(11-13)27(23,24)14-8-6-10-25-14/h6,8,10,12-13H,3-5,7,9,11H2,1-2H3,(H,18,20,22). The average molecular weight is 429 g/mol. The molecule has 2 aromatic heterocycles. The van der Waals surface area contributed by atoms with Crippen LogP contribution in [0.1, 0.15) is 50.5 Å². The Labute approximate surface area is 167 Å². The number of carbonyl (C=O) groups excluding carboxylic acids is 1. The molecule has 0 bridgehead atoms. The largest absolute Gasteiger partial charge is 0.300 e. The van der Waals surface area contributed by atoms with E-state index in [1.807, 2.05) is 0 Å². The van der Waals surface area contributed by atoms with E-state index in [0.717, 1.165) is 17.8 Å². The van der Waals surface area contributed by atoms with Crippen LogP contribution in [0.5, 0.6) is 0 Å². The Balaban J connectivity index is 1.65. The molecule has 3 heterocycles. The van der Waals surface area contributed by atoms with E-state index in [0.29, 0.717) is 34.6 Å². The second kappa shape index (κ2) is 8.76. The molecule has 0 spiro atoms. The summed E-state index contributed by atoms with van der Waals surface area (Å²) in [6.45, 7) is 4.86. The summed E-state index contributed by atoms with van der Waals surface area (Å²) < 4.78 is 27.1. The number of hydrogen-bond donors (Lipinski definition) is 1. The number of thiophene rings is 1. The molecule has 1 aliphatic rings. The molecular weight excluding hydrogens is 404 g/mol. The molecule has 1 fully saturated rings. The Bertz CT molecular complexity index is 860. The number of hydrogen-bond acceptors (Lipinski definition) is 7. The third-order valence-electron chi connectivity index (χ3n) is 4.85. The Morgan fingerprint density at radius 1 is 1.37 bits per heavy atom. The molecule has 1 saturated heterocycles. The van der Waals surface area contributed by atoms with Gasteiger partial charge in [-0.05, 0) is 37.1 Å². The van der Waals surface area contributed by atoms with Crippen molar-refractivity contribution in [2.75, 3.05) is 18.4 Å². The van der Waals surface area contributed by atoms with Gasteiger partial charge in [-0.15, -0.1) is 21.5 Å². The van der Waals surface area contributed by atoms with Crippen molar-refractivity contribution in [3.05, 3.63) is 22.5 Å². The van der Waals surface area contributed by atoms with Crippen LogP contribution in [-0.4, -0.2) is 41.9 Å². The highest BCUT2D eigenvalue weighted by Crippen LogP contribution is 2.30. The smallest absolute Gasteiger partial charge is 0.252 e. The quantitative estimate of drug-likeness (QED) is 0.728. The first kappa shape index (κ1) is 20.4. The van der Waals surface area contributed by atoms with Crippen molar-refractivity contribution < 1.29 is 13.2 Å². The highest BCUT2D eigenvalue weighted by Gasteiger charge is 2.34. The van der Waals surface area contributed by atoms with Gasteiger partial charge in [-0.3, -0.25) is 4.79 Å². The number of anilines is 1. The van der Waals surface area contributed by atoms with Crippen LogP contribution in [0.15, 0.2) is 21.7 Å². The molecular formula is C17H24N4O3S3. The lowest BCUT2D eigenvalue weighted by molar-refractivity contribution is -0.120. The van der Waals surface area contributed by atoms with Gasteiger partial charge < -0.3 is 5.32 Å². The van der Waals surface area contributed by atoms with Gasteiger partial charge in [0.2, 0.25) is 11.0 Å². The maximum absolute atomic E-state index is 12.7. The normalized spacial score (nSPS) is 18.7. The first-order chi connectivity index (χ1) is 13.0. The third-order valence-corrected chi connectivity index (χ3v) is 9.09. The number of amides is 1. The number of piperidine rings is 1.